The van der Waals surface area contributed by atoms with Crippen LogP contribution >= 0.6 is 0 Å². The average molecular weight is 252 g/mol. The molecule has 18 heavy (non-hydrogen) atoms. The molecule has 6 heteroatoms. The number of hydrogen-bond acceptors (Lipinski definition) is 5. The first-order chi connectivity index (χ1) is 8.52. The molecule has 1 fully saturated rings. The quantitative estimate of drug-likeness (QED) is 0.745. The summed E-state index contributed by atoms with van der Waals surface area (Å²) in [4.78, 5) is 23.1. The molecular weight excluding hydrogens is 236 g/mol. The summed E-state index contributed by atoms with van der Waals surface area (Å²) >= 11 is 0. The third kappa shape index (κ3) is 2.10. The normalized spacial score (nSPS) is 16.2. The molecule has 1 aromatic rings. The lowest BCUT2D eigenvalue weighted by Crippen LogP contribution is -2.23. The van der Waals surface area contributed by atoms with Crippen molar-refractivity contribution >= 4 is 11.9 Å². The van der Waals surface area contributed by atoms with E-state index in [0.717, 1.165) is 18.4 Å². The smallest absolute Gasteiger partial charge is 0.358 e. The minimum atomic E-state index is -0.464. The monoisotopic (exact) mass is 252 g/mol. The second-order valence-corrected chi connectivity index (χ2v) is 4.62. The molecule has 0 unspecified atom stereocenters. The Labute approximate surface area is 105 Å². The molecule has 1 saturated carbocycles. The predicted octanol–water partition coefficient (Wildman–Crippen LogP) is 0.931. The number of methoxy groups -OCH3 is 2. The summed E-state index contributed by atoms with van der Waals surface area (Å²) in [5, 5.41) is 4.16. The van der Waals surface area contributed by atoms with E-state index < -0.39 is 11.4 Å². The van der Waals surface area contributed by atoms with Gasteiger partial charge in [0, 0.05) is 11.8 Å². The van der Waals surface area contributed by atoms with Crippen molar-refractivity contribution in [1.29, 1.82) is 0 Å². The van der Waals surface area contributed by atoms with Crippen molar-refractivity contribution in [2.75, 3.05) is 14.2 Å². The number of hydrogen-bond donors (Lipinski definition) is 0. The zero-order valence-corrected chi connectivity index (χ0v) is 10.7. The lowest BCUT2D eigenvalue weighted by Gasteiger charge is -2.11. The van der Waals surface area contributed by atoms with Crippen LogP contribution in [0.25, 0.3) is 0 Å². The number of aryl methyl sites for hydroxylation is 1. The molecule has 1 heterocycles. The lowest BCUT2D eigenvalue weighted by atomic mass is 10.1. The van der Waals surface area contributed by atoms with Gasteiger partial charge in [-0.3, -0.25) is 9.48 Å². The van der Waals surface area contributed by atoms with Gasteiger partial charge in [-0.15, -0.1) is 0 Å². The van der Waals surface area contributed by atoms with Crippen molar-refractivity contribution in [3.8, 4) is 0 Å². The maximum absolute atomic E-state index is 11.6. The number of esters is 2. The van der Waals surface area contributed by atoms with Crippen molar-refractivity contribution in [1.82, 2.24) is 9.78 Å². The highest BCUT2D eigenvalue weighted by atomic mass is 16.5. The SMILES string of the molecule is COC(=O)c1nn(CC2(C(=O)OC)CC2)cc1C. The molecule has 2 rings (SSSR count). The molecule has 6 nitrogen and oxygen atoms in total. The van der Waals surface area contributed by atoms with Gasteiger partial charge in [0.2, 0.25) is 0 Å². The van der Waals surface area contributed by atoms with Crippen LogP contribution in [0.3, 0.4) is 0 Å². The summed E-state index contributed by atoms with van der Waals surface area (Å²) in [5.41, 5.74) is 0.571. The van der Waals surface area contributed by atoms with Crippen molar-refractivity contribution in [3.05, 3.63) is 17.5 Å². The number of nitrogens with zero attached hydrogens (tertiary/aromatic N) is 2. The lowest BCUT2D eigenvalue weighted by molar-refractivity contribution is -0.147. The van der Waals surface area contributed by atoms with Crippen molar-refractivity contribution in [2.24, 2.45) is 5.41 Å². The molecule has 0 saturated heterocycles. The Bertz CT molecular complexity index is 488. The molecule has 0 bridgehead atoms. The van der Waals surface area contributed by atoms with Gasteiger partial charge in [-0.2, -0.15) is 5.10 Å². The van der Waals surface area contributed by atoms with Gasteiger partial charge < -0.3 is 9.47 Å². The van der Waals surface area contributed by atoms with Crippen LogP contribution in [0.15, 0.2) is 6.20 Å². The summed E-state index contributed by atoms with van der Waals surface area (Å²) in [6, 6.07) is 0. The Morgan fingerprint density at radius 2 is 2.06 bits per heavy atom. The van der Waals surface area contributed by atoms with E-state index in [4.69, 9.17) is 4.74 Å². The Morgan fingerprint density at radius 3 is 2.56 bits per heavy atom. The van der Waals surface area contributed by atoms with Crippen molar-refractivity contribution in [2.45, 2.75) is 26.3 Å². The Morgan fingerprint density at radius 1 is 1.39 bits per heavy atom. The average Bonchev–Trinajstić information content (AvgIpc) is 3.05. The second-order valence-electron chi connectivity index (χ2n) is 4.62. The molecule has 0 amide bonds. The summed E-state index contributed by atoms with van der Waals surface area (Å²) in [6.07, 6.45) is 3.34. The number of carbonyl (C=O) groups excluding carboxylic acids is 2. The van der Waals surface area contributed by atoms with E-state index in [0.29, 0.717) is 6.54 Å². The van der Waals surface area contributed by atoms with Crippen LogP contribution in [0.1, 0.15) is 28.9 Å². The highest BCUT2D eigenvalue weighted by Crippen LogP contribution is 2.48. The molecule has 1 aromatic heterocycles. The van der Waals surface area contributed by atoms with E-state index >= 15 is 0 Å². The van der Waals surface area contributed by atoms with E-state index in [9.17, 15) is 9.59 Å². The fourth-order valence-electron chi connectivity index (χ4n) is 2.00. The molecular formula is C12H16N2O4. The zero-order chi connectivity index (χ0) is 13.3. The third-order valence-electron chi connectivity index (χ3n) is 3.26. The number of aromatic nitrogens is 2. The van der Waals surface area contributed by atoms with Gasteiger partial charge in [0.15, 0.2) is 5.69 Å². The molecule has 0 aliphatic heterocycles. The van der Waals surface area contributed by atoms with Gasteiger partial charge in [-0.1, -0.05) is 0 Å². The summed E-state index contributed by atoms with van der Waals surface area (Å²) in [6.45, 7) is 2.23. The van der Waals surface area contributed by atoms with Gasteiger partial charge in [-0.25, -0.2) is 4.79 Å². The van der Waals surface area contributed by atoms with Crippen LogP contribution in [-0.2, 0) is 20.8 Å². The third-order valence-corrected chi connectivity index (χ3v) is 3.26. The van der Waals surface area contributed by atoms with E-state index in [2.05, 4.69) is 9.84 Å². The Hall–Kier alpha value is -1.85. The van der Waals surface area contributed by atoms with Crippen LogP contribution in [0.4, 0.5) is 0 Å². The van der Waals surface area contributed by atoms with Crippen LogP contribution in [0.5, 0.6) is 0 Å². The maximum Gasteiger partial charge on any atom is 0.358 e. The van der Waals surface area contributed by atoms with E-state index in [1.807, 2.05) is 0 Å². The molecule has 0 radical (unpaired) electrons. The van der Waals surface area contributed by atoms with Crippen LogP contribution in [0.2, 0.25) is 0 Å². The standard InChI is InChI=1S/C12H16N2O4/c1-8-6-14(13-9(8)10(15)17-2)7-12(4-5-12)11(16)18-3/h6H,4-5,7H2,1-3H3. The van der Waals surface area contributed by atoms with Gasteiger partial charge in [0.1, 0.15) is 0 Å². The topological polar surface area (TPSA) is 70.4 Å². The van der Waals surface area contributed by atoms with E-state index in [1.165, 1.54) is 14.2 Å². The first-order valence-corrected chi connectivity index (χ1v) is 5.73. The molecule has 0 N–H and O–H groups in total. The Kier molecular flexibility index (Phi) is 3.11. The minimum Gasteiger partial charge on any atom is -0.469 e. The maximum atomic E-state index is 11.6. The van der Waals surface area contributed by atoms with Crippen molar-refractivity contribution in [3.63, 3.8) is 0 Å². The van der Waals surface area contributed by atoms with Crippen LogP contribution in [-0.4, -0.2) is 35.9 Å². The summed E-state index contributed by atoms with van der Waals surface area (Å²) < 4.78 is 11.0. The zero-order valence-electron chi connectivity index (χ0n) is 10.7. The Balaban J connectivity index is 2.16. The minimum absolute atomic E-state index is 0.213. The van der Waals surface area contributed by atoms with E-state index in [-0.39, 0.29) is 11.7 Å². The number of rotatable bonds is 4. The van der Waals surface area contributed by atoms with Crippen molar-refractivity contribution < 1.29 is 19.1 Å². The van der Waals surface area contributed by atoms with Gasteiger partial charge in [-0.05, 0) is 19.8 Å². The molecule has 1 aliphatic rings. The fourth-order valence-corrected chi connectivity index (χ4v) is 2.00. The summed E-state index contributed by atoms with van der Waals surface area (Å²) in [7, 11) is 2.70. The molecule has 0 spiro atoms. The molecule has 98 valence electrons. The summed E-state index contributed by atoms with van der Waals surface area (Å²) in [5.74, 6) is -0.676. The fraction of sp³-hybridized carbons (Fsp3) is 0.583. The number of ether oxygens (including phenoxy) is 2. The predicted molar refractivity (Wildman–Crippen MR) is 62.0 cm³/mol. The van der Waals surface area contributed by atoms with Crippen LogP contribution in [0, 0.1) is 12.3 Å². The van der Waals surface area contributed by atoms with Gasteiger partial charge >= 0.3 is 11.9 Å². The highest BCUT2D eigenvalue weighted by molar-refractivity contribution is 5.88. The molecule has 0 aromatic carbocycles. The second kappa shape index (κ2) is 4.44. The largest absolute Gasteiger partial charge is 0.469 e. The highest BCUT2D eigenvalue weighted by Gasteiger charge is 2.51. The van der Waals surface area contributed by atoms with Crippen LogP contribution < -0.4 is 0 Å². The van der Waals surface area contributed by atoms with E-state index in [1.54, 1.807) is 17.8 Å². The first-order valence-electron chi connectivity index (χ1n) is 5.73. The van der Waals surface area contributed by atoms with Gasteiger partial charge in [0.05, 0.1) is 26.2 Å². The molecule has 0 atom stereocenters. The first kappa shape index (κ1) is 12.6. The molecule has 1 aliphatic carbocycles. The number of carbonyl (C=O) groups is 2. The van der Waals surface area contributed by atoms with Gasteiger partial charge in [0.25, 0.3) is 0 Å².